The van der Waals surface area contributed by atoms with Crippen molar-refractivity contribution in [3.05, 3.63) is 17.0 Å². The van der Waals surface area contributed by atoms with Gasteiger partial charge in [-0.25, -0.2) is 0 Å². The molecule has 1 aliphatic carbocycles. The Morgan fingerprint density at radius 2 is 2.14 bits per heavy atom. The summed E-state index contributed by atoms with van der Waals surface area (Å²) in [5, 5.41) is 7.30. The summed E-state index contributed by atoms with van der Waals surface area (Å²) in [5.74, 6) is 1.04. The Balaban J connectivity index is 1.68. The molecule has 0 radical (unpaired) electrons. The van der Waals surface area contributed by atoms with Gasteiger partial charge in [-0.15, -0.1) is 0 Å². The fourth-order valence-electron chi connectivity index (χ4n) is 3.96. The Morgan fingerprint density at radius 1 is 1.36 bits per heavy atom. The molecule has 1 saturated heterocycles. The van der Waals surface area contributed by atoms with Gasteiger partial charge in [-0.1, -0.05) is 25.7 Å². The molecular formula is C17H27N3O2. The number of ether oxygens (including phenoxy) is 1. The van der Waals surface area contributed by atoms with E-state index in [1.807, 2.05) is 18.7 Å². The number of amides is 1. The number of rotatable bonds is 4. The molecule has 22 heavy (non-hydrogen) atoms. The van der Waals surface area contributed by atoms with Gasteiger partial charge in [0.05, 0.1) is 24.9 Å². The molecule has 1 aliphatic heterocycles. The standard InChI is InChI=1S/C17H27N3O2/c1-12-17(13(2)19-18-12)15-11-22-10-9-20(15)16(21)8-7-14-5-3-4-6-14/h14-15H,3-11H2,1-2H3,(H,18,19)/t15-/m1/s1. The Bertz CT molecular complexity index is 500. The maximum absolute atomic E-state index is 12.7. The lowest BCUT2D eigenvalue weighted by molar-refractivity contribution is -0.140. The monoisotopic (exact) mass is 305 g/mol. The molecule has 0 spiro atoms. The molecule has 3 rings (SSSR count). The molecule has 0 unspecified atom stereocenters. The number of morpholine rings is 1. The van der Waals surface area contributed by atoms with Gasteiger partial charge in [0.25, 0.3) is 0 Å². The summed E-state index contributed by atoms with van der Waals surface area (Å²) in [6.45, 7) is 5.93. The predicted molar refractivity (Wildman–Crippen MR) is 84.5 cm³/mol. The third-order valence-corrected chi connectivity index (χ3v) is 5.21. The number of aryl methyl sites for hydroxylation is 2. The van der Waals surface area contributed by atoms with Crippen molar-refractivity contribution >= 4 is 5.91 Å². The molecule has 1 N–H and O–H groups in total. The van der Waals surface area contributed by atoms with Gasteiger partial charge in [0.1, 0.15) is 0 Å². The summed E-state index contributed by atoms with van der Waals surface area (Å²) in [6, 6.07) is 0.0172. The second kappa shape index (κ2) is 6.82. The van der Waals surface area contributed by atoms with E-state index >= 15 is 0 Å². The van der Waals surface area contributed by atoms with E-state index in [-0.39, 0.29) is 11.9 Å². The molecule has 5 nitrogen and oxygen atoms in total. The summed E-state index contributed by atoms with van der Waals surface area (Å²) >= 11 is 0. The zero-order valence-electron chi connectivity index (χ0n) is 13.7. The Hall–Kier alpha value is -1.36. The smallest absolute Gasteiger partial charge is 0.223 e. The summed E-state index contributed by atoms with van der Waals surface area (Å²) < 4.78 is 5.64. The molecule has 1 saturated carbocycles. The second-order valence-corrected chi connectivity index (χ2v) is 6.71. The highest BCUT2D eigenvalue weighted by molar-refractivity contribution is 5.77. The SMILES string of the molecule is Cc1n[nH]c(C)c1[C@H]1COCCN1C(=O)CCC1CCCC1. The number of aromatic amines is 1. The van der Waals surface area contributed by atoms with E-state index in [0.717, 1.165) is 29.3 Å². The summed E-state index contributed by atoms with van der Waals surface area (Å²) in [5.41, 5.74) is 3.15. The number of hydrogen-bond donors (Lipinski definition) is 1. The van der Waals surface area contributed by atoms with Crippen molar-refractivity contribution in [1.82, 2.24) is 15.1 Å². The quantitative estimate of drug-likeness (QED) is 0.930. The predicted octanol–water partition coefficient (Wildman–Crippen LogP) is 2.90. The number of H-pyrrole nitrogens is 1. The summed E-state index contributed by atoms with van der Waals surface area (Å²) in [6.07, 6.45) is 7.02. The van der Waals surface area contributed by atoms with E-state index < -0.39 is 0 Å². The number of carbonyl (C=O) groups is 1. The third-order valence-electron chi connectivity index (χ3n) is 5.21. The maximum Gasteiger partial charge on any atom is 0.223 e. The van der Waals surface area contributed by atoms with E-state index in [1.165, 1.54) is 25.7 Å². The van der Waals surface area contributed by atoms with Gasteiger partial charge in [0, 0.05) is 24.2 Å². The lowest BCUT2D eigenvalue weighted by Crippen LogP contribution is -2.43. The Labute approximate surface area is 132 Å². The number of carbonyl (C=O) groups excluding carboxylic acids is 1. The maximum atomic E-state index is 12.7. The van der Waals surface area contributed by atoms with E-state index in [1.54, 1.807) is 0 Å². The van der Waals surface area contributed by atoms with E-state index in [2.05, 4.69) is 10.2 Å². The summed E-state index contributed by atoms with van der Waals surface area (Å²) in [4.78, 5) is 14.7. The average molecular weight is 305 g/mol. The molecule has 122 valence electrons. The molecule has 1 amide bonds. The number of nitrogens with zero attached hydrogens (tertiary/aromatic N) is 2. The number of aromatic nitrogens is 2. The molecule has 0 aromatic carbocycles. The first kappa shape index (κ1) is 15.5. The van der Waals surface area contributed by atoms with Crippen LogP contribution in [0.4, 0.5) is 0 Å². The van der Waals surface area contributed by atoms with Crippen LogP contribution >= 0.6 is 0 Å². The highest BCUT2D eigenvalue weighted by Crippen LogP contribution is 2.31. The molecule has 0 bridgehead atoms. The highest BCUT2D eigenvalue weighted by atomic mass is 16.5. The minimum atomic E-state index is 0.0172. The van der Waals surface area contributed by atoms with Crippen LogP contribution in [0.2, 0.25) is 0 Å². The Kier molecular flexibility index (Phi) is 4.81. The van der Waals surface area contributed by atoms with E-state index in [9.17, 15) is 4.79 Å². The molecule has 2 fully saturated rings. The molecule has 5 heteroatoms. The normalized spacial score (nSPS) is 23.2. The Morgan fingerprint density at radius 3 is 2.82 bits per heavy atom. The molecular weight excluding hydrogens is 278 g/mol. The minimum Gasteiger partial charge on any atom is -0.377 e. The van der Waals surface area contributed by atoms with Gasteiger partial charge in [-0.2, -0.15) is 5.10 Å². The van der Waals surface area contributed by atoms with Gasteiger partial charge in [0.2, 0.25) is 5.91 Å². The minimum absolute atomic E-state index is 0.0172. The first-order chi connectivity index (χ1) is 10.7. The van der Waals surface area contributed by atoms with Crippen molar-refractivity contribution in [3.8, 4) is 0 Å². The fraction of sp³-hybridized carbons (Fsp3) is 0.765. The van der Waals surface area contributed by atoms with Gasteiger partial charge in [0.15, 0.2) is 0 Å². The van der Waals surface area contributed by atoms with Gasteiger partial charge in [-0.3, -0.25) is 9.89 Å². The number of nitrogens with one attached hydrogen (secondary N) is 1. The van der Waals surface area contributed by atoms with Crippen molar-refractivity contribution in [2.24, 2.45) is 5.92 Å². The first-order valence-electron chi connectivity index (χ1n) is 8.55. The van der Waals surface area contributed by atoms with Crippen LogP contribution in [-0.2, 0) is 9.53 Å². The molecule has 1 aromatic heterocycles. The van der Waals surface area contributed by atoms with E-state index in [0.29, 0.717) is 26.2 Å². The summed E-state index contributed by atoms with van der Waals surface area (Å²) in [7, 11) is 0. The first-order valence-corrected chi connectivity index (χ1v) is 8.55. The van der Waals surface area contributed by atoms with Crippen molar-refractivity contribution < 1.29 is 9.53 Å². The van der Waals surface area contributed by atoms with Crippen LogP contribution < -0.4 is 0 Å². The van der Waals surface area contributed by atoms with Crippen LogP contribution in [0.25, 0.3) is 0 Å². The van der Waals surface area contributed by atoms with Gasteiger partial charge < -0.3 is 9.64 Å². The van der Waals surface area contributed by atoms with Crippen LogP contribution in [0, 0.1) is 19.8 Å². The molecule has 1 atom stereocenters. The molecule has 1 aromatic rings. The van der Waals surface area contributed by atoms with Crippen LogP contribution in [0.3, 0.4) is 0 Å². The van der Waals surface area contributed by atoms with Crippen LogP contribution in [0.15, 0.2) is 0 Å². The van der Waals surface area contributed by atoms with Crippen molar-refractivity contribution in [2.75, 3.05) is 19.8 Å². The van der Waals surface area contributed by atoms with Crippen LogP contribution in [-0.4, -0.2) is 40.8 Å². The fourth-order valence-corrected chi connectivity index (χ4v) is 3.96. The van der Waals surface area contributed by atoms with Crippen molar-refractivity contribution in [3.63, 3.8) is 0 Å². The molecule has 2 aliphatic rings. The van der Waals surface area contributed by atoms with Gasteiger partial charge >= 0.3 is 0 Å². The van der Waals surface area contributed by atoms with Crippen LogP contribution in [0.1, 0.15) is 61.5 Å². The zero-order valence-corrected chi connectivity index (χ0v) is 13.7. The lowest BCUT2D eigenvalue weighted by Gasteiger charge is -2.36. The van der Waals surface area contributed by atoms with Crippen molar-refractivity contribution in [2.45, 2.75) is 58.4 Å². The van der Waals surface area contributed by atoms with E-state index in [4.69, 9.17) is 4.74 Å². The van der Waals surface area contributed by atoms with Crippen LogP contribution in [0.5, 0.6) is 0 Å². The zero-order chi connectivity index (χ0) is 15.5. The average Bonchev–Trinajstić information content (AvgIpc) is 3.15. The second-order valence-electron chi connectivity index (χ2n) is 6.71. The third kappa shape index (κ3) is 3.19. The number of hydrogen-bond acceptors (Lipinski definition) is 3. The highest BCUT2D eigenvalue weighted by Gasteiger charge is 2.32. The molecule has 2 heterocycles. The van der Waals surface area contributed by atoms with Crippen molar-refractivity contribution in [1.29, 1.82) is 0 Å². The lowest BCUT2D eigenvalue weighted by atomic mass is 9.99. The largest absolute Gasteiger partial charge is 0.377 e. The van der Waals surface area contributed by atoms with Gasteiger partial charge in [-0.05, 0) is 26.2 Å². The topological polar surface area (TPSA) is 58.2 Å².